The number of amides is 1. The largest absolute Gasteiger partial charge is 0.492 e. The molecule has 20 heavy (non-hydrogen) atoms. The van der Waals surface area contributed by atoms with Crippen LogP contribution in [0.1, 0.15) is 12.5 Å². The number of ether oxygens (including phenoxy) is 1. The highest BCUT2D eigenvalue weighted by Crippen LogP contribution is 2.11. The van der Waals surface area contributed by atoms with Gasteiger partial charge in [0.25, 0.3) is 0 Å². The number of nitrogens with zero attached hydrogens (tertiary/aromatic N) is 3. The molecular formula is C15H21N3O2. The van der Waals surface area contributed by atoms with Crippen LogP contribution >= 0.6 is 0 Å². The van der Waals surface area contributed by atoms with Crippen LogP contribution in [0.3, 0.4) is 0 Å². The molecule has 0 aliphatic rings. The Balaban J connectivity index is 2.37. The Kier molecular flexibility index (Phi) is 6.54. The molecule has 0 radical (unpaired) electrons. The average molecular weight is 275 g/mol. The highest BCUT2D eigenvalue weighted by molar-refractivity contribution is 5.77. The molecule has 0 heterocycles. The highest BCUT2D eigenvalue weighted by Gasteiger charge is 2.10. The number of rotatable bonds is 7. The number of hydrogen-bond acceptors (Lipinski definition) is 4. The molecule has 0 fully saturated rings. The zero-order chi connectivity index (χ0) is 15.0. The second-order valence-corrected chi connectivity index (χ2v) is 4.64. The van der Waals surface area contributed by atoms with E-state index in [1.54, 1.807) is 43.3 Å². The molecule has 1 aromatic rings. The van der Waals surface area contributed by atoms with Crippen molar-refractivity contribution < 1.29 is 9.53 Å². The van der Waals surface area contributed by atoms with Gasteiger partial charge in [0.05, 0.1) is 18.2 Å². The van der Waals surface area contributed by atoms with Crippen LogP contribution in [0.25, 0.3) is 0 Å². The van der Waals surface area contributed by atoms with E-state index in [4.69, 9.17) is 10.00 Å². The van der Waals surface area contributed by atoms with Crippen molar-refractivity contribution in [1.82, 2.24) is 9.80 Å². The van der Waals surface area contributed by atoms with E-state index in [0.29, 0.717) is 25.3 Å². The second kappa shape index (κ2) is 8.18. The Labute approximate surface area is 120 Å². The van der Waals surface area contributed by atoms with Crippen molar-refractivity contribution in [2.24, 2.45) is 0 Å². The van der Waals surface area contributed by atoms with Crippen LogP contribution in [-0.4, -0.2) is 56.0 Å². The average Bonchev–Trinajstić information content (AvgIpc) is 2.46. The first-order valence-electron chi connectivity index (χ1n) is 6.62. The molecule has 0 atom stereocenters. The summed E-state index contributed by atoms with van der Waals surface area (Å²) in [6.45, 7) is 4.43. The molecule has 0 bridgehead atoms. The van der Waals surface area contributed by atoms with E-state index < -0.39 is 0 Å². The predicted molar refractivity (Wildman–Crippen MR) is 77.5 cm³/mol. The third-order valence-corrected chi connectivity index (χ3v) is 2.96. The molecule has 0 aliphatic heterocycles. The van der Waals surface area contributed by atoms with Gasteiger partial charge >= 0.3 is 0 Å². The fourth-order valence-electron chi connectivity index (χ4n) is 1.60. The highest BCUT2D eigenvalue weighted by atomic mass is 16.5. The molecule has 0 spiro atoms. The normalized spacial score (nSPS) is 10.2. The molecule has 0 aliphatic carbocycles. The van der Waals surface area contributed by atoms with Gasteiger partial charge in [-0.2, -0.15) is 5.26 Å². The lowest BCUT2D eigenvalue weighted by atomic mass is 10.2. The summed E-state index contributed by atoms with van der Waals surface area (Å²) in [4.78, 5) is 15.2. The molecule has 0 saturated heterocycles. The molecule has 0 unspecified atom stereocenters. The minimum absolute atomic E-state index is 0.0882. The molecular weight excluding hydrogens is 254 g/mol. The number of carbonyl (C=O) groups is 1. The van der Waals surface area contributed by atoms with Crippen LogP contribution in [0.5, 0.6) is 5.75 Å². The topological polar surface area (TPSA) is 56.6 Å². The number of carbonyl (C=O) groups excluding carboxylic acids is 1. The molecule has 1 rings (SSSR count). The third kappa shape index (κ3) is 5.29. The number of nitriles is 1. The molecule has 5 nitrogen and oxygen atoms in total. The van der Waals surface area contributed by atoms with Crippen LogP contribution in [0, 0.1) is 11.3 Å². The quantitative estimate of drug-likeness (QED) is 0.753. The van der Waals surface area contributed by atoms with Crippen molar-refractivity contribution >= 4 is 5.91 Å². The summed E-state index contributed by atoms with van der Waals surface area (Å²) in [5, 5.41) is 8.70. The monoisotopic (exact) mass is 275 g/mol. The summed E-state index contributed by atoms with van der Waals surface area (Å²) in [5.41, 5.74) is 0.615. The van der Waals surface area contributed by atoms with Crippen molar-refractivity contribution in [3.63, 3.8) is 0 Å². The molecule has 0 aromatic heterocycles. The number of benzene rings is 1. The molecule has 0 saturated carbocycles. The lowest BCUT2D eigenvalue weighted by Gasteiger charge is -2.21. The smallest absolute Gasteiger partial charge is 0.236 e. The van der Waals surface area contributed by atoms with Crippen molar-refractivity contribution in [3.8, 4) is 11.8 Å². The minimum atomic E-state index is 0.0882. The zero-order valence-electron chi connectivity index (χ0n) is 12.3. The SMILES string of the molecule is CCN(CCOc1ccc(C#N)cc1)CC(=O)N(C)C. The van der Waals surface area contributed by atoms with Gasteiger partial charge in [-0.1, -0.05) is 6.92 Å². The van der Waals surface area contributed by atoms with Gasteiger partial charge in [0.1, 0.15) is 12.4 Å². The van der Waals surface area contributed by atoms with E-state index in [-0.39, 0.29) is 5.91 Å². The summed E-state index contributed by atoms with van der Waals surface area (Å²) >= 11 is 0. The van der Waals surface area contributed by atoms with Gasteiger partial charge in [0.15, 0.2) is 0 Å². The molecule has 5 heteroatoms. The lowest BCUT2D eigenvalue weighted by molar-refractivity contribution is -0.129. The summed E-state index contributed by atoms with van der Waals surface area (Å²) in [7, 11) is 3.51. The Morgan fingerprint density at radius 2 is 1.95 bits per heavy atom. The van der Waals surface area contributed by atoms with Gasteiger partial charge in [-0.15, -0.1) is 0 Å². The van der Waals surface area contributed by atoms with Gasteiger partial charge in [-0.05, 0) is 30.8 Å². The maximum absolute atomic E-state index is 11.6. The van der Waals surface area contributed by atoms with E-state index in [1.165, 1.54) is 0 Å². The molecule has 0 N–H and O–H groups in total. The second-order valence-electron chi connectivity index (χ2n) is 4.64. The maximum Gasteiger partial charge on any atom is 0.236 e. The first-order chi connectivity index (χ1) is 9.56. The van der Waals surface area contributed by atoms with E-state index in [1.807, 2.05) is 11.8 Å². The molecule has 1 aromatic carbocycles. The summed E-state index contributed by atoms with van der Waals surface area (Å²) < 4.78 is 5.60. The van der Waals surface area contributed by atoms with Crippen molar-refractivity contribution in [2.45, 2.75) is 6.92 Å². The van der Waals surface area contributed by atoms with Gasteiger partial charge in [-0.3, -0.25) is 9.69 Å². The Hall–Kier alpha value is -2.06. The fraction of sp³-hybridized carbons (Fsp3) is 0.467. The van der Waals surface area contributed by atoms with E-state index in [9.17, 15) is 4.79 Å². The van der Waals surface area contributed by atoms with Crippen LogP contribution in [0.4, 0.5) is 0 Å². The maximum atomic E-state index is 11.6. The fourth-order valence-corrected chi connectivity index (χ4v) is 1.60. The first kappa shape index (κ1) is 16.0. The van der Waals surface area contributed by atoms with Crippen LogP contribution in [-0.2, 0) is 4.79 Å². The number of hydrogen-bond donors (Lipinski definition) is 0. The molecule has 1 amide bonds. The first-order valence-corrected chi connectivity index (χ1v) is 6.62. The van der Waals surface area contributed by atoms with E-state index >= 15 is 0 Å². The summed E-state index contributed by atoms with van der Waals surface area (Å²) in [6.07, 6.45) is 0. The molecule has 108 valence electrons. The standard InChI is InChI=1S/C15H21N3O2/c1-4-18(12-15(19)17(2)3)9-10-20-14-7-5-13(11-16)6-8-14/h5-8H,4,9-10,12H2,1-3H3. The Morgan fingerprint density at radius 1 is 1.30 bits per heavy atom. The van der Waals surface area contributed by atoms with E-state index in [0.717, 1.165) is 12.3 Å². The van der Waals surface area contributed by atoms with Crippen molar-refractivity contribution in [2.75, 3.05) is 40.3 Å². The van der Waals surface area contributed by atoms with E-state index in [2.05, 4.69) is 6.07 Å². The third-order valence-electron chi connectivity index (χ3n) is 2.96. The minimum Gasteiger partial charge on any atom is -0.492 e. The lowest BCUT2D eigenvalue weighted by Crippen LogP contribution is -2.38. The summed E-state index contributed by atoms with van der Waals surface area (Å²) in [5.74, 6) is 0.823. The predicted octanol–water partition coefficient (Wildman–Crippen LogP) is 1.35. The van der Waals surface area contributed by atoms with Gasteiger partial charge in [0.2, 0.25) is 5.91 Å². The van der Waals surface area contributed by atoms with Crippen LogP contribution in [0.15, 0.2) is 24.3 Å². The zero-order valence-corrected chi connectivity index (χ0v) is 12.3. The number of likely N-dealkylation sites (N-methyl/N-ethyl adjacent to an activating group) is 2. The van der Waals surface area contributed by atoms with Crippen molar-refractivity contribution in [3.05, 3.63) is 29.8 Å². The van der Waals surface area contributed by atoms with Gasteiger partial charge in [-0.25, -0.2) is 0 Å². The van der Waals surface area contributed by atoms with Crippen molar-refractivity contribution in [1.29, 1.82) is 5.26 Å². The van der Waals surface area contributed by atoms with Gasteiger partial charge < -0.3 is 9.64 Å². The summed E-state index contributed by atoms with van der Waals surface area (Å²) in [6, 6.07) is 9.07. The van der Waals surface area contributed by atoms with Crippen LogP contribution < -0.4 is 4.74 Å². The van der Waals surface area contributed by atoms with Gasteiger partial charge in [0, 0.05) is 20.6 Å². The Bertz CT molecular complexity index is 463. The Morgan fingerprint density at radius 3 is 2.45 bits per heavy atom. The van der Waals surface area contributed by atoms with Crippen LogP contribution in [0.2, 0.25) is 0 Å².